The van der Waals surface area contributed by atoms with Gasteiger partial charge in [-0.3, -0.25) is 4.79 Å². The molecule has 3 heteroatoms. The van der Waals surface area contributed by atoms with Crippen molar-refractivity contribution in [2.75, 3.05) is 0 Å². The smallest absolute Gasteiger partial charge is 0.287 e. The monoisotopic (exact) mass is 175 g/mol. The average molecular weight is 175 g/mol. The Balaban J connectivity index is 2.54. The van der Waals surface area contributed by atoms with Gasteiger partial charge in [0.25, 0.3) is 5.56 Å². The predicted octanol–water partition coefficient (Wildman–Crippen LogP) is 1.74. The van der Waals surface area contributed by atoms with Gasteiger partial charge in [-0.2, -0.15) is 0 Å². The van der Waals surface area contributed by atoms with Crippen LogP contribution in [0, 0.1) is 6.92 Å². The summed E-state index contributed by atoms with van der Waals surface area (Å²) < 4.78 is 6.24. The normalized spacial score (nSPS) is 10.2. The van der Waals surface area contributed by atoms with Crippen LogP contribution >= 0.6 is 0 Å². The Morgan fingerprint density at radius 1 is 1.15 bits per heavy atom. The van der Waals surface area contributed by atoms with Crippen LogP contribution in [0.1, 0.15) is 5.56 Å². The van der Waals surface area contributed by atoms with Crippen molar-refractivity contribution >= 4 is 0 Å². The molecule has 0 bridgehead atoms. The summed E-state index contributed by atoms with van der Waals surface area (Å²) in [5, 5.41) is 0. The molecule has 0 spiro atoms. The molecular formula is C10H9NO2. The van der Waals surface area contributed by atoms with Crippen molar-refractivity contribution in [2.45, 2.75) is 6.92 Å². The van der Waals surface area contributed by atoms with Crippen molar-refractivity contribution in [1.82, 2.24) is 4.74 Å². The summed E-state index contributed by atoms with van der Waals surface area (Å²) in [5.41, 5.74) is 1.76. The fourth-order valence-electron chi connectivity index (χ4n) is 1.14. The van der Waals surface area contributed by atoms with E-state index in [4.69, 9.17) is 4.52 Å². The van der Waals surface area contributed by atoms with Gasteiger partial charge < -0.3 is 4.52 Å². The summed E-state index contributed by atoms with van der Waals surface area (Å²) in [4.78, 5) is 11.2. The maximum absolute atomic E-state index is 11.2. The van der Waals surface area contributed by atoms with E-state index in [1.165, 1.54) is 17.1 Å². The fraction of sp³-hybridized carbons (Fsp3) is 0.100. The zero-order valence-electron chi connectivity index (χ0n) is 7.23. The van der Waals surface area contributed by atoms with Gasteiger partial charge in [-0.15, -0.1) is 4.74 Å². The molecule has 0 unspecified atom stereocenters. The maximum atomic E-state index is 11.2. The molecule has 0 amide bonds. The van der Waals surface area contributed by atoms with Crippen LogP contribution in [0.5, 0.6) is 0 Å². The van der Waals surface area contributed by atoms with Crippen LogP contribution in [0.2, 0.25) is 0 Å². The van der Waals surface area contributed by atoms with Gasteiger partial charge in [0.15, 0.2) is 0 Å². The second-order valence-corrected chi connectivity index (χ2v) is 2.88. The highest BCUT2D eigenvalue weighted by Gasteiger charge is 2.00. The molecule has 0 aliphatic rings. The Bertz CT molecular complexity index is 450. The highest BCUT2D eigenvalue weighted by Crippen LogP contribution is 2.06. The van der Waals surface area contributed by atoms with E-state index in [0.29, 0.717) is 0 Å². The number of hydrogen-bond acceptors (Lipinski definition) is 2. The maximum Gasteiger partial charge on any atom is 0.287 e. The number of hydrogen-bond donors (Lipinski definition) is 0. The molecule has 1 aromatic heterocycles. The van der Waals surface area contributed by atoms with Gasteiger partial charge in [-0.1, -0.05) is 17.7 Å². The Hall–Kier alpha value is -1.77. The second kappa shape index (κ2) is 2.94. The van der Waals surface area contributed by atoms with E-state index in [2.05, 4.69) is 0 Å². The van der Waals surface area contributed by atoms with Gasteiger partial charge in [0.2, 0.25) is 0 Å². The molecule has 2 rings (SSSR count). The highest BCUT2D eigenvalue weighted by atomic mass is 16.5. The minimum Gasteiger partial charge on any atom is -0.379 e. The van der Waals surface area contributed by atoms with E-state index in [1.807, 2.05) is 31.2 Å². The number of rotatable bonds is 1. The van der Waals surface area contributed by atoms with E-state index in [-0.39, 0.29) is 5.56 Å². The lowest BCUT2D eigenvalue weighted by atomic mass is 10.2. The summed E-state index contributed by atoms with van der Waals surface area (Å²) in [6.45, 7) is 1.99. The number of nitrogens with zero attached hydrogens (tertiary/aromatic N) is 1. The van der Waals surface area contributed by atoms with Crippen molar-refractivity contribution < 1.29 is 4.52 Å². The van der Waals surface area contributed by atoms with Gasteiger partial charge in [0.1, 0.15) is 6.26 Å². The molecule has 2 aromatic rings. The summed E-state index contributed by atoms with van der Waals surface area (Å²) in [7, 11) is 0. The van der Waals surface area contributed by atoms with Crippen LogP contribution in [0.15, 0.2) is 45.9 Å². The molecule has 0 atom stereocenters. The molecule has 66 valence electrons. The third kappa shape index (κ3) is 1.40. The van der Waals surface area contributed by atoms with Gasteiger partial charge in [0.05, 0.1) is 5.69 Å². The molecule has 0 aliphatic carbocycles. The second-order valence-electron chi connectivity index (χ2n) is 2.88. The first-order valence-electron chi connectivity index (χ1n) is 4.01. The summed E-state index contributed by atoms with van der Waals surface area (Å²) in [5.74, 6) is 0. The topological polar surface area (TPSA) is 35.1 Å². The minimum atomic E-state index is -0.149. The zero-order chi connectivity index (χ0) is 9.26. The lowest BCUT2D eigenvalue weighted by Crippen LogP contribution is -2.10. The standard InChI is InChI=1S/C10H9NO2/c1-8-2-4-9(5-3-8)11-10(12)6-7-13-11/h2-7H,1H3. The summed E-state index contributed by atoms with van der Waals surface area (Å²) >= 11 is 0. The first-order valence-corrected chi connectivity index (χ1v) is 4.01. The molecule has 13 heavy (non-hydrogen) atoms. The molecule has 0 N–H and O–H groups in total. The number of aryl methyl sites for hydroxylation is 1. The minimum absolute atomic E-state index is 0.149. The highest BCUT2D eigenvalue weighted by molar-refractivity contribution is 5.32. The van der Waals surface area contributed by atoms with E-state index in [1.54, 1.807) is 0 Å². The molecule has 1 heterocycles. The van der Waals surface area contributed by atoms with Crippen LogP contribution in [0.25, 0.3) is 5.69 Å². The van der Waals surface area contributed by atoms with Crippen molar-refractivity contribution in [3.63, 3.8) is 0 Å². The first-order chi connectivity index (χ1) is 6.27. The molecule has 0 saturated carbocycles. The van der Waals surface area contributed by atoms with Crippen LogP contribution in [0.4, 0.5) is 0 Å². The SMILES string of the molecule is Cc1ccc(-n2occc2=O)cc1. The molecule has 0 saturated heterocycles. The first kappa shape index (κ1) is 7.86. The third-order valence-corrected chi connectivity index (χ3v) is 1.85. The molecular weight excluding hydrogens is 166 g/mol. The van der Waals surface area contributed by atoms with E-state index < -0.39 is 0 Å². The Kier molecular flexibility index (Phi) is 1.77. The van der Waals surface area contributed by atoms with E-state index >= 15 is 0 Å². The number of aromatic nitrogens is 1. The molecule has 1 aromatic carbocycles. The molecule has 3 nitrogen and oxygen atoms in total. The number of benzene rings is 1. The van der Waals surface area contributed by atoms with Crippen molar-refractivity contribution in [3.05, 3.63) is 52.5 Å². The lowest BCUT2D eigenvalue weighted by molar-refractivity contribution is 0.339. The zero-order valence-corrected chi connectivity index (χ0v) is 7.23. The van der Waals surface area contributed by atoms with Crippen LogP contribution in [0.3, 0.4) is 0 Å². The van der Waals surface area contributed by atoms with Gasteiger partial charge in [-0.25, -0.2) is 0 Å². The van der Waals surface area contributed by atoms with Gasteiger partial charge >= 0.3 is 0 Å². The fourth-order valence-corrected chi connectivity index (χ4v) is 1.14. The van der Waals surface area contributed by atoms with Crippen molar-refractivity contribution in [2.24, 2.45) is 0 Å². The molecule has 0 aliphatic heterocycles. The Morgan fingerprint density at radius 2 is 1.85 bits per heavy atom. The van der Waals surface area contributed by atoms with E-state index in [0.717, 1.165) is 11.3 Å². The Morgan fingerprint density at radius 3 is 2.38 bits per heavy atom. The molecule has 0 fully saturated rings. The quantitative estimate of drug-likeness (QED) is 0.661. The van der Waals surface area contributed by atoms with Crippen molar-refractivity contribution in [3.8, 4) is 5.69 Å². The van der Waals surface area contributed by atoms with Gasteiger partial charge in [0, 0.05) is 6.07 Å². The van der Waals surface area contributed by atoms with Gasteiger partial charge in [-0.05, 0) is 19.1 Å². The Labute approximate surface area is 75.2 Å². The summed E-state index contributed by atoms with van der Waals surface area (Å²) in [6.07, 6.45) is 1.38. The largest absolute Gasteiger partial charge is 0.379 e. The molecule has 0 radical (unpaired) electrons. The van der Waals surface area contributed by atoms with Crippen LogP contribution < -0.4 is 5.56 Å². The summed E-state index contributed by atoms with van der Waals surface area (Å²) in [6, 6.07) is 8.95. The third-order valence-electron chi connectivity index (χ3n) is 1.85. The van der Waals surface area contributed by atoms with Crippen LogP contribution in [-0.4, -0.2) is 4.74 Å². The van der Waals surface area contributed by atoms with Crippen molar-refractivity contribution in [1.29, 1.82) is 0 Å². The predicted molar refractivity (Wildman–Crippen MR) is 49.0 cm³/mol. The van der Waals surface area contributed by atoms with E-state index in [9.17, 15) is 4.79 Å². The lowest BCUT2D eigenvalue weighted by Gasteiger charge is -1.98. The van der Waals surface area contributed by atoms with Crippen LogP contribution in [-0.2, 0) is 0 Å². The average Bonchev–Trinajstić information content (AvgIpc) is 2.53.